The van der Waals surface area contributed by atoms with Gasteiger partial charge in [-0.2, -0.15) is 5.10 Å². The first kappa shape index (κ1) is 17.0. The molecule has 7 nitrogen and oxygen atoms in total. The van der Waals surface area contributed by atoms with Crippen LogP contribution >= 0.6 is 0 Å². The van der Waals surface area contributed by atoms with Crippen LogP contribution in [0.3, 0.4) is 0 Å². The molecule has 2 aliphatic rings. The number of carbonyl (C=O) groups excluding carboxylic acids is 2. The van der Waals surface area contributed by atoms with Crippen LogP contribution in [0.1, 0.15) is 43.1 Å². The van der Waals surface area contributed by atoms with Crippen molar-refractivity contribution in [1.29, 1.82) is 0 Å². The first-order chi connectivity index (χ1) is 11.7. The lowest BCUT2D eigenvalue weighted by atomic mass is 10.2. The maximum Gasteiger partial charge on any atom is 0.274 e. The van der Waals surface area contributed by atoms with Crippen molar-refractivity contribution in [3.8, 4) is 0 Å². The normalized spacial score (nSPS) is 22.3. The predicted octanol–water partition coefficient (Wildman–Crippen LogP) is 1.15. The molecule has 3 heterocycles. The van der Waals surface area contributed by atoms with Crippen LogP contribution in [-0.4, -0.2) is 70.3 Å². The Bertz CT molecular complexity index is 578. The third-order valence-electron chi connectivity index (χ3n) is 4.73. The zero-order valence-corrected chi connectivity index (χ0v) is 14.3. The minimum absolute atomic E-state index is 0.0217. The molecule has 132 valence electrons. The lowest BCUT2D eigenvalue weighted by molar-refractivity contribution is -0.148. The minimum atomic E-state index is -0.547. The minimum Gasteiger partial charge on any atom is -0.365 e. The number of ether oxygens (including phenoxy) is 1. The first-order valence-electron chi connectivity index (χ1n) is 8.92. The van der Waals surface area contributed by atoms with E-state index in [1.54, 1.807) is 21.8 Å². The summed E-state index contributed by atoms with van der Waals surface area (Å²) >= 11 is 0. The molecule has 3 rings (SSSR count). The van der Waals surface area contributed by atoms with Gasteiger partial charge in [-0.05, 0) is 25.8 Å². The average Bonchev–Trinajstić information content (AvgIpc) is 2.94. The highest BCUT2D eigenvalue weighted by Crippen LogP contribution is 2.15. The number of carbonyl (C=O) groups is 2. The summed E-state index contributed by atoms with van der Waals surface area (Å²) in [5, 5.41) is 4.27. The Hall–Kier alpha value is -1.89. The summed E-state index contributed by atoms with van der Waals surface area (Å²) < 4.78 is 7.40. The fourth-order valence-corrected chi connectivity index (χ4v) is 3.29. The Labute approximate surface area is 142 Å². The van der Waals surface area contributed by atoms with Gasteiger partial charge in [0.2, 0.25) is 0 Å². The fraction of sp³-hybridized carbons (Fsp3) is 0.706. The SMILES string of the molecule is CCn1ccc(C(=O)N2CCO[C@H](C(=O)N3CCCCCC3)C2)n1. The number of rotatable bonds is 3. The van der Waals surface area contributed by atoms with E-state index < -0.39 is 6.10 Å². The summed E-state index contributed by atoms with van der Waals surface area (Å²) in [6, 6.07) is 1.73. The van der Waals surface area contributed by atoms with Crippen LogP contribution in [0, 0.1) is 0 Å². The topological polar surface area (TPSA) is 67.7 Å². The molecule has 7 heteroatoms. The first-order valence-corrected chi connectivity index (χ1v) is 8.92. The Kier molecular flexibility index (Phi) is 5.50. The van der Waals surface area contributed by atoms with Crippen molar-refractivity contribution < 1.29 is 14.3 Å². The van der Waals surface area contributed by atoms with Crippen molar-refractivity contribution in [3.63, 3.8) is 0 Å². The van der Waals surface area contributed by atoms with Crippen LogP contribution in [0.25, 0.3) is 0 Å². The summed E-state index contributed by atoms with van der Waals surface area (Å²) in [7, 11) is 0. The van der Waals surface area contributed by atoms with Gasteiger partial charge in [0.15, 0.2) is 6.10 Å². The molecule has 2 fully saturated rings. The van der Waals surface area contributed by atoms with Gasteiger partial charge in [-0.3, -0.25) is 14.3 Å². The number of morpholine rings is 1. The van der Waals surface area contributed by atoms with Gasteiger partial charge >= 0.3 is 0 Å². The van der Waals surface area contributed by atoms with E-state index in [9.17, 15) is 9.59 Å². The molecule has 24 heavy (non-hydrogen) atoms. The summed E-state index contributed by atoms with van der Waals surface area (Å²) in [5.74, 6) is -0.104. The van der Waals surface area contributed by atoms with Crippen LogP contribution < -0.4 is 0 Å². The molecule has 0 N–H and O–H groups in total. The van der Waals surface area contributed by atoms with Crippen molar-refractivity contribution in [1.82, 2.24) is 19.6 Å². The molecule has 0 spiro atoms. The van der Waals surface area contributed by atoms with Gasteiger partial charge in [0.05, 0.1) is 13.2 Å². The Morgan fingerprint density at radius 2 is 1.92 bits per heavy atom. The molecule has 1 aromatic heterocycles. The van der Waals surface area contributed by atoms with Gasteiger partial charge in [0.25, 0.3) is 11.8 Å². The molecule has 0 bridgehead atoms. The van der Waals surface area contributed by atoms with Crippen molar-refractivity contribution in [3.05, 3.63) is 18.0 Å². The van der Waals surface area contributed by atoms with Crippen LogP contribution in [0.2, 0.25) is 0 Å². The number of aryl methyl sites for hydroxylation is 1. The molecule has 1 aromatic rings. The fourth-order valence-electron chi connectivity index (χ4n) is 3.29. The van der Waals surface area contributed by atoms with E-state index in [2.05, 4.69) is 5.10 Å². The standard InChI is InChI=1S/C17H26N4O3/c1-2-21-10-7-14(18-21)16(22)20-11-12-24-15(13-20)17(23)19-8-5-3-4-6-9-19/h7,10,15H,2-6,8-9,11-13H2,1H3/t15-/m0/s1. The zero-order valence-electron chi connectivity index (χ0n) is 14.3. The Balaban J connectivity index is 1.62. The number of aromatic nitrogens is 2. The summed E-state index contributed by atoms with van der Waals surface area (Å²) in [6.45, 7) is 5.51. The van der Waals surface area contributed by atoms with E-state index in [0.717, 1.165) is 32.5 Å². The molecule has 0 aromatic carbocycles. The Morgan fingerprint density at radius 1 is 1.17 bits per heavy atom. The summed E-state index contributed by atoms with van der Waals surface area (Å²) in [5.41, 5.74) is 0.430. The second-order valence-electron chi connectivity index (χ2n) is 6.41. The number of hydrogen-bond acceptors (Lipinski definition) is 4. The van der Waals surface area contributed by atoms with Gasteiger partial charge < -0.3 is 14.5 Å². The smallest absolute Gasteiger partial charge is 0.274 e. The van der Waals surface area contributed by atoms with Gasteiger partial charge in [0, 0.05) is 32.4 Å². The molecule has 1 atom stereocenters. The molecule has 2 aliphatic heterocycles. The lowest BCUT2D eigenvalue weighted by Crippen LogP contribution is -2.52. The molecule has 2 amide bonds. The van der Waals surface area contributed by atoms with Gasteiger partial charge in [0.1, 0.15) is 5.69 Å². The maximum atomic E-state index is 12.7. The second-order valence-corrected chi connectivity index (χ2v) is 6.41. The highest BCUT2D eigenvalue weighted by Gasteiger charge is 2.33. The molecule has 0 saturated carbocycles. The summed E-state index contributed by atoms with van der Waals surface area (Å²) in [6.07, 6.45) is 5.72. The molecular weight excluding hydrogens is 308 g/mol. The molecule has 0 unspecified atom stereocenters. The number of amides is 2. The van der Waals surface area contributed by atoms with Crippen molar-refractivity contribution >= 4 is 11.8 Å². The van der Waals surface area contributed by atoms with Gasteiger partial charge in [-0.1, -0.05) is 12.8 Å². The lowest BCUT2D eigenvalue weighted by Gasteiger charge is -2.34. The quantitative estimate of drug-likeness (QED) is 0.831. The van der Waals surface area contributed by atoms with Crippen LogP contribution in [0.4, 0.5) is 0 Å². The van der Waals surface area contributed by atoms with E-state index in [-0.39, 0.29) is 11.8 Å². The van der Waals surface area contributed by atoms with Crippen LogP contribution in [0.15, 0.2) is 12.3 Å². The highest BCUT2D eigenvalue weighted by atomic mass is 16.5. The predicted molar refractivity (Wildman–Crippen MR) is 88.6 cm³/mol. The van der Waals surface area contributed by atoms with Crippen molar-refractivity contribution in [2.24, 2.45) is 0 Å². The maximum absolute atomic E-state index is 12.7. The third-order valence-corrected chi connectivity index (χ3v) is 4.73. The van der Waals surface area contributed by atoms with Crippen LogP contribution in [-0.2, 0) is 16.1 Å². The second kappa shape index (κ2) is 7.79. The zero-order chi connectivity index (χ0) is 16.9. The van der Waals surface area contributed by atoms with E-state index >= 15 is 0 Å². The van der Waals surface area contributed by atoms with Gasteiger partial charge in [-0.15, -0.1) is 0 Å². The molecule has 0 radical (unpaired) electrons. The van der Waals surface area contributed by atoms with Crippen molar-refractivity contribution in [2.75, 3.05) is 32.8 Å². The number of likely N-dealkylation sites (tertiary alicyclic amines) is 1. The number of hydrogen-bond donors (Lipinski definition) is 0. The monoisotopic (exact) mass is 334 g/mol. The third kappa shape index (κ3) is 3.77. The van der Waals surface area contributed by atoms with E-state index in [1.165, 1.54) is 12.8 Å². The highest BCUT2D eigenvalue weighted by molar-refractivity contribution is 5.93. The molecular formula is C17H26N4O3. The molecule has 0 aliphatic carbocycles. The summed E-state index contributed by atoms with van der Waals surface area (Å²) in [4.78, 5) is 28.9. The average molecular weight is 334 g/mol. The largest absolute Gasteiger partial charge is 0.365 e. The molecule has 2 saturated heterocycles. The van der Waals surface area contributed by atoms with Gasteiger partial charge in [-0.25, -0.2) is 0 Å². The Morgan fingerprint density at radius 3 is 2.58 bits per heavy atom. The van der Waals surface area contributed by atoms with E-state index in [0.29, 0.717) is 25.4 Å². The van der Waals surface area contributed by atoms with E-state index in [1.807, 2.05) is 11.8 Å². The number of nitrogens with zero attached hydrogens (tertiary/aromatic N) is 4. The van der Waals surface area contributed by atoms with Crippen molar-refractivity contribution in [2.45, 2.75) is 45.3 Å². The van der Waals surface area contributed by atoms with Crippen LogP contribution in [0.5, 0.6) is 0 Å². The van der Waals surface area contributed by atoms with E-state index in [4.69, 9.17) is 4.74 Å².